The second kappa shape index (κ2) is 33.4. The van der Waals surface area contributed by atoms with E-state index in [4.69, 9.17) is 28.4 Å². The molecule has 0 radical (unpaired) electrons. The molecule has 0 N–H and O–H groups in total. The number of hydrogen-bond donors (Lipinski definition) is 0. The van der Waals surface area contributed by atoms with E-state index in [9.17, 15) is 9.59 Å². The zero-order valence-corrected chi connectivity index (χ0v) is 65.0. The first-order valence-electron chi connectivity index (χ1n) is 38.2. The highest BCUT2D eigenvalue weighted by Gasteiger charge is 2.48. The molecule has 18 nitrogen and oxygen atoms in total. The molecule has 11 aromatic rings. The van der Waals surface area contributed by atoms with Crippen LogP contribution < -0.4 is 18.9 Å². The van der Waals surface area contributed by atoms with Crippen LogP contribution in [-0.2, 0) is 41.7 Å². The number of carbonyl (C=O) groups excluding carboxylic acids is 8. The van der Waals surface area contributed by atoms with Gasteiger partial charge >= 0.3 is 11.9 Å². The second-order valence-corrected chi connectivity index (χ2v) is 30.3. The van der Waals surface area contributed by atoms with E-state index in [2.05, 4.69) is 13.2 Å². The predicted molar refractivity (Wildman–Crippen MR) is 434 cm³/mol. The molecule has 0 fully saturated rings. The molecule has 0 saturated carbocycles. The summed E-state index contributed by atoms with van der Waals surface area (Å²) in [5.74, 6) is -3.85. The first-order valence-corrected chi connectivity index (χ1v) is 38.2. The summed E-state index contributed by atoms with van der Waals surface area (Å²) < 4.78 is 40.1. The normalized spacial score (nSPS) is 13.1. The van der Waals surface area contributed by atoms with Gasteiger partial charge in [0.1, 0.15) is 58.1 Å². The van der Waals surface area contributed by atoms with Gasteiger partial charge in [-0.05, 0) is 176 Å². The molecular formula is C94H92N4O14. The molecule has 2 atom stereocenters. The molecule has 0 saturated heterocycles. The van der Waals surface area contributed by atoms with E-state index >= 15 is 28.8 Å². The SMILES string of the molecule is C=C(C)C(=O)OCCCCN(Cc1ccccc1)C(=O)C(CC(C)C)N1C(=O)c2cc(Oc3ccc(C)cc3)c3c4c(Oc5ccc(C)cc5)cc5c6c(cc(Oc7ccc(C)cc7)c(c7c(Oc8ccc(C)cc8)cc(c2c37)C1=O)c64)C(=O)N(C(CC(C)C)C(=O)N(CCCCOC(=O)C(=C)C)Cc1ccccc1)C5=O. The monoisotopic (exact) mass is 1500 g/mol. The number of imide groups is 2. The fraction of sp³-hybridized carbons (Fsp3) is 0.277. The Bertz CT molecular complexity index is 4920. The maximum absolute atomic E-state index is 16.7. The summed E-state index contributed by atoms with van der Waals surface area (Å²) in [7, 11) is 0. The second-order valence-electron chi connectivity index (χ2n) is 30.3. The third kappa shape index (κ3) is 16.4. The maximum Gasteiger partial charge on any atom is 0.333 e. The highest BCUT2D eigenvalue weighted by Crippen LogP contribution is 2.58. The lowest BCUT2D eigenvalue weighted by atomic mass is 9.80. The summed E-state index contributed by atoms with van der Waals surface area (Å²) in [5.41, 5.74) is 5.90. The predicted octanol–water partition coefficient (Wildman–Crippen LogP) is 20.0. The zero-order chi connectivity index (χ0) is 79.3. The van der Waals surface area contributed by atoms with Gasteiger partial charge in [-0.1, -0.05) is 172 Å². The first kappa shape index (κ1) is 77.7. The van der Waals surface area contributed by atoms with Crippen LogP contribution in [0.15, 0.2) is 206 Å². The minimum Gasteiger partial charge on any atom is -0.462 e. The van der Waals surface area contributed by atoms with Gasteiger partial charge in [0.05, 0.1) is 35.5 Å². The molecule has 2 heterocycles. The highest BCUT2D eigenvalue weighted by atomic mass is 16.5. The number of esters is 2. The lowest BCUT2D eigenvalue weighted by Crippen LogP contribution is -2.55. The number of aryl methyl sites for hydroxylation is 4. The van der Waals surface area contributed by atoms with Crippen LogP contribution in [0.3, 0.4) is 0 Å². The molecule has 2 unspecified atom stereocenters. The molecule has 2 aliphatic heterocycles. The van der Waals surface area contributed by atoms with E-state index in [1.54, 1.807) is 96.4 Å². The molecule has 0 aliphatic carbocycles. The van der Waals surface area contributed by atoms with Crippen molar-refractivity contribution in [2.45, 2.75) is 133 Å². The Hall–Kier alpha value is -12.4. The van der Waals surface area contributed by atoms with Crippen molar-refractivity contribution in [3.05, 3.63) is 262 Å². The van der Waals surface area contributed by atoms with Crippen LogP contribution in [0.25, 0.3) is 43.1 Å². The summed E-state index contributed by atoms with van der Waals surface area (Å²) in [6, 6.07) is 52.1. The number of unbranched alkanes of at least 4 members (excludes halogenated alkanes) is 2. The number of amides is 6. The van der Waals surface area contributed by atoms with Gasteiger partial charge in [-0.3, -0.25) is 38.6 Å². The van der Waals surface area contributed by atoms with Crippen molar-refractivity contribution in [2.75, 3.05) is 26.3 Å². The molecule has 572 valence electrons. The largest absolute Gasteiger partial charge is 0.462 e. The molecule has 6 amide bonds. The van der Waals surface area contributed by atoms with E-state index in [-0.39, 0.29) is 164 Å². The Balaban J connectivity index is 1.10. The lowest BCUT2D eigenvalue weighted by molar-refractivity contribution is -0.140. The minimum absolute atomic E-state index is 0.0135. The van der Waals surface area contributed by atoms with Gasteiger partial charge in [0, 0.05) is 80.4 Å². The number of fused-ring (bicyclic) bond motifs is 2. The lowest BCUT2D eigenvalue weighted by Gasteiger charge is -2.38. The summed E-state index contributed by atoms with van der Waals surface area (Å²) >= 11 is 0. The molecule has 18 heteroatoms. The summed E-state index contributed by atoms with van der Waals surface area (Å²) in [5, 5.41) is 2.10. The summed E-state index contributed by atoms with van der Waals surface area (Å²) in [4.78, 5) is 129. The van der Waals surface area contributed by atoms with Crippen LogP contribution in [0, 0.1) is 39.5 Å². The molecule has 112 heavy (non-hydrogen) atoms. The van der Waals surface area contributed by atoms with Crippen LogP contribution in [0.2, 0.25) is 0 Å². The van der Waals surface area contributed by atoms with Gasteiger partial charge in [-0.2, -0.15) is 0 Å². The Morgan fingerprint density at radius 2 is 0.634 bits per heavy atom. The molecule has 13 rings (SSSR count). The smallest absolute Gasteiger partial charge is 0.333 e. The quantitative estimate of drug-likeness (QED) is 0.00961. The Labute approximate surface area is 652 Å². The highest BCUT2D eigenvalue weighted by molar-refractivity contribution is 6.45. The standard InChI is InChI=1S/C94H92N4O14/c1-55(2)47-73(91(103)95(53-63-23-15-13-16-24-63)43-19-21-45-107-93(105)57(5)6)97-87(99)69-49-75(109-65-35-27-59(9)28-36-65)81-83-77(111-67-39-31-61(11)32-40-67)51-71-80-72(90(102)98(89(71)101)74(48-56(3)4)92(104)96(54-64-25-17-14-18-26-64)44-20-22-46-108-94(106)58(7)8)52-78(112-68-41-33-62(12)34-42-68)84(86(80)83)82-76(110-66-37-29-60(10)30-38-66)50-70(88(97)100)79(69)85(81)82/h13-18,23-42,49-52,55-56,73-74H,5,7,19-22,43-48,53-54H2,1-4,6,8-12H3. The molecule has 0 spiro atoms. The van der Waals surface area contributed by atoms with E-state index in [0.29, 0.717) is 48.7 Å². The summed E-state index contributed by atoms with van der Waals surface area (Å²) in [6.45, 7) is 26.8. The van der Waals surface area contributed by atoms with Crippen molar-refractivity contribution in [3.63, 3.8) is 0 Å². The zero-order valence-electron chi connectivity index (χ0n) is 65.0. The Kier molecular flexibility index (Phi) is 23.2. The third-order valence-electron chi connectivity index (χ3n) is 20.4. The number of nitrogens with zero attached hydrogens (tertiary/aromatic N) is 4. The van der Waals surface area contributed by atoms with Gasteiger partial charge in [0.2, 0.25) is 11.8 Å². The molecular weight excluding hydrogens is 1410 g/mol. The van der Waals surface area contributed by atoms with Crippen LogP contribution in [0.5, 0.6) is 46.0 Å². The van der Waals surface area contributed by atoms with Gasteiger partial charge < -0.3 is 38.2 Å². The third-order valence-corrected chi connectivity index (χ3v) is 20.4. The van der Waals surface area contributed by atoms with Crippen LogP contribution in [-0.4, -0.2) is 105 Å². The molecule has 0 aromatic heterocycles. The van der Waals surface area contributed by atoms with Crippen molar-refractivity contribution < 1.29 is 66.8 Å². The van der Waals surface area contributed by atoms with Crippen molar-refractivity contribution in [1.29, 1.82) is 0 Å². The maximum atomic E-state index is 16.7. The average molecular weight is 1500 g/mol. The van der Waals surface area contributed by atoms with Crippen molar-refractivity contribution in [1.82, 2.24) is 19.6 Å². The van der Waals surface area contributed by atoms with Gasteiger partial charge in [0.15, 0.2) is 0 Å². The van der Waals surface area contributed by atoms with Crippen LogP contribution in [0.4, 0.5) is 0 Å². The van der Waals surface area contributed by atoms with Crippen LogP contribution in [0.1, 0.15) is 155 Å². The van der Waals surface area contributed by atoms with Crippen LogP contribution >= 0.6 is 0 Å². The molecule has 0 bridgehead atoms. The number of rotatable bonds is 32. The van der Waals surface area contributed by atoms with E-state index < -0.39 is 59.5 Å². The average Bonchev–Trinajstić information content (AvgIpc) is 0.670. The topological polar surface area (TPSA) is 205 Å². The number of benzene rings is 11. The Morgan fingerprint density at radius 3 is 0.884 bits per heavy atom. The Morgan fingerprint density at radius 1 is 0.366 bits per heavy atom. The van der Waals surface area contributed by atoms with Gasteiger partial charge in [0.25, 0.3) is 23.6 Å². The minimum atomic E-state index is -1.37. The molecule has 2 aliphatic rings. The van der Waals surface area contributed by atoms with Gasteiger partial charge in [-0.25, -0.2) is 9.59 Å². The fourth-order valence-corrected chi connectivity index (χ4v) is 14.8. The van der Waals surface area contributed by atoms with Crippen molar-refractivity contribution in [2.24, 2.45) is 11.8 Å². The summed E-state index contributed by atoms with van der Waals surface area (Å²) in [6.07, 6.45) is 1.74. The van der Waals surface area contributed by atoms with Crippen molar-refractivity contribution >= 4 is 90.5 Å². The van der Waals surface area contributed by atoms with Crippen molar-refractivity contribution in [3.8, 4) is 46.0 Å². The van der Waals surface area contributed by atoms with E-state index in [1.165, 1.54) is 0 Å². The first-order chi connectivity index (χ1) is 53.8. The number of hydrogen-bond acceptors (Lipinski definition) is 14. The number of carbonyl (C=O) groups is 8. The number of ether oxygens (including phenoxy) is 6. The fourth-order valence-electron chi connectivity index (χ4n) is 14.8. The van der Waals surface area contributed by atoms with Gasteiger partial charge in [-0.15, -0.1) is 0 Å². The molecule has 11 aromatic carbocycles. The van der Waals surface area contributed by atoms with E-state index in [1.807, 2.05) is 165 Å². The van der Waals surface area contributed by atoms with E-state index in [0.717, 1.165) is 43.2 Å².